The summed E-state index contributed by atoms with van der Waals surface area (Å²) in [5.74, 6) is 0.512. The average molecular weight is 418 g/mol. The van der Waals surface area contributed by atoms with Crippen LogP contribution in [-0.2, 0) is 0 Å². The Kier molecular flexibility index (Phi) is 6.71. The van der Waals surface area contributed by atoms with Crippen LogP contribution in [0.3, 0.4) is 0 Å². The van der Waals surface area contributed by atoms with E-state index in [1.807, 2.05) is 39.0 Å². The number of ether oxygens (including phenoxy) is 1. The molecule has 0 aliphatic heterocycles. The van der Waals surface area contributed by atoms with Crippen LogP contribution < -0.4 is 10.2 Å². The van der Waals surface area contributed by atoms with E-state index >= 15 is 0 Å². The molecule has 1 N–H and O–H groups in total. The standard InChI is InChI=1S/C23H22N4O4/c1-15(2)19-6-4-16(3)12-22(19)31-21-7-5-17(13-20(21)27(29)30)14-25-26-23(28)18-8-10-24-11-9-18/h4-15H,1-3H3,(H,26,28)/b25-14-. The largest absolute Gasteiger partial charge is 0.450 e. The lowest BCUT2D eigenvalue weighted by molar-refractivity contribution is -0.385. The summed E-state index contributed by atoms with van der Waals surface area (Å²) in [6.45, 7) is 6.00. The van der Waals surface area contributed by atoms with Gasteiger partial charge in [0.25, 0.3) is 5.91 Å². The summed E-state index contributed by atoms with van der Waals surface area (Å²) in [5.41, 5.74) is 4.99. The molecule has 3 rings (SSSR count). The summed E-state index contributed by atoms with van der Waals surface area (Å²) >= 11 is 0. The predicted molar refractivity (Wildman–Crippen MR) is 118 cm³/mol. The summed E-state index contributed by atoms with van der Waals surface area (Å²) in [5, 5.41) is 15.5. The minimum Gasteiger partial charge on any atom is -0.450 e. The number of benzene rings is 2. The summed E-state index contributed by atoms with van der Waals surface area (Å²) in [6.07, 6.45) is 4.33. The van der Waals surface area contributed by atoms with Gasteiger partial charge in [-0.3, -0.25) is 19.9 Å². The molecule has 2 aromatic carbocycles. The number of nitrogens with zero attached hydrogens (tertiary/aromatic N) is 3. The van der Waals surface area contributed by atoms with Crippen molar-refractivity contribution in [1.29, 1.82) is 0 Å². The van der Waals surface area contributed by atoms with E-state index in [9.17, 15) is 14.9 Å². The van der Waals surface area contributed by atoms with Crippen LogP contribution >= 0.6 is 0 Å². The van der Waals surface area contributed by atoms with E-state index in [4.69, 9.17) is 4.74 Å². The number of hydrazone groups is 1. The second-order valence-electron chi connectivity index (χ2n) is 7.22. The summed E-state index contributed by atoms with van der Waals surface area (Å²) in [6, 6.07) is 13.4. The maximum absolute atomic E-state index is 12.0. The Bertz CT molecular complexity index is 1130. The van der Waals surface area contributed by atoms with Gasteiger partial charge in [0.2, 0.25) is 5.75 Å². The van der Waals surface area contributed by atoms with Crippen LogP contribution in [0.25, 0.3) is 0 Å². The quantitative estimate of drug-likeness (QED) is 0.331. The number of carbonyl (C=O) groups is 1. The smallest absolute Gasteiger partial charge is 0.312 e. The Hall–Kier alpha value is -4.07. The first-order chi connectivity index (χ1) is 14.8. The monoisotopic (exact) mass is 418 g/mol. The number of rotatable bonds is 7. The molecule has 0 atom stereocenters. The van der Waals surface area contributed by atoms with E-state index in [1.54, 1.807) is 18.2 Å². The Morgan fingerprint density at radius 3 is 2.55 bits per heavy atom. The van der Waals surface area contributed by atoms with E-state index in [0.717, 1.165) is 11.1 Å². The molecule has 0 aliphatic carbocycles. The molecule has 1 aromatic heterocycles. The van der Waals surface area contributed by atoms with Crippen LogP contribution in [0.4, 0.5) is 5.69 Å². The van der Waals surface area contributed by atoms with Gasteiger partial charge in [0.05, 0.1) is 11.1 Å². The number of nitro groups is 1. The Balaban J connectivity index is 1.81. The van der Waals surface area contributed by atoms with E-state index in [1.165, 1.54) is 30.7 Å². The van der Waals surface area contributed by atoms with Crippen LogP contribution in [0.5, 0.6) is 11.5 Å². The second kappa shape index (κ2) is 9.62. The van der Waals surface area contributed by atoms with Gasteiger partial charge in [0.1, 0.15) is 5.75 Å². The van der Waals surface area contributed by atoms with Crippen molar-refractivity contribution in [2.24, 2.45) is 5.10 Å². The van der Waals surface area contributed by atoms with Gasteiger partial charge in [-0.2, -0.15) is 5.10 Å². The molecule has 0 bridgehead atoms. The van der Waals surface area contributed by atoms with Crippen molar-refractivity contribution >= 4 is 17.8 Å². The molecule has 0 fully saturated rings. The number of nitro benzene ring substituents is 1. The number of pyridine rings is 1. The van der Waals surface area contributed by atoms with Gasteiger partial charge in [-0.1, -0.05) is 26.0 Å². The van der Waals surface area contributed by atoms with Crippen molar-refractivity contribution in [2.75, 3.05) is 0 Å². The number of carbonyl (C=O) groups excluding carboxylic acids is 1. The number of hydrogen-bond donors (Lipinski definition) is 1. The number of nitrogens with one attached hydrogen (secondary N) is 1. The van der Waals surface area contributed by atoms with E-state index in [-0.39, 0.29) is 17.4 Å². The van der Waals surface area contributed by atoms with E-state index < -0.39 is 10.8 Å². The van der Waals surface area contributed by atoms with Gasteiger partial charge in [-0.25, -0.2) is 5.43 Å². The third-order valence-electron chi connectivity index (χ3n) is 4.51. The first-order valence-electron chi connectivity index (χ1n) is 9.65. The Morgan fingerprint density at radius 1 is 1.13 bits per heavy atom. The second-order valence-corrected chi connectivity index (χ2v) is 7.22. The lowest BCUT2D eigenvalue weighted by Crippen LogP contribution is -2.17. The van der Waals surface area contributed by atoms with Crippen LogP contribution in [0.15, 0.2) is 66.0 Å². The molecule has 0 saturated heterocycles. The summed E-state index contributed by atoms with van der Waals surface area (Å²) < 4.78 is 5.94. The van der Waals surface area contributed by atoms with E-state index in [0.29, 0.717) is 16.9 Å². The van der Waals surface area contributed by atoms with Gasteiger partial charge in [0.15, 0.2) is 0 Å². The Labute approximate surface area is 179 Å². The third kappa shape index (κ3) is 5.51. The van der Waals surface area contributed by atoms with Gasteiger partial charge < -0.3 is 4.74 Å². The maximum Gasteiger partial charge on any atom is 0.312 e. The fourth-order valence-corrected chi connectivity index (χ4v) is 2.90. The average Bonchev–Trinajstić information content (AvgIpc) is 2.75. The normalized spacial score (nSPS) is 11.0. The van der Waals surface area contributed by atoms with Crippen molar-refractivity contribution < 1.29 is 14.5 Å². The third-order valence-corrected chi connectivity index (χ3v) is 4.51. The Morgan fingerprint density at radius 2 is 1.87 bits per heavy atom. The fraction of sp³-hybridized carbons (Fsp3) is 0.174. The van der Waals surface area contributed by atoms with E-state index in [2.05, 4.69) is 15.5 Å². The van der Waals surface area contributed by atoms with Crippen molar-refractivity contribution in [3.05, 3.63) is 93.3 Å². The van der Waals surface area contributed by atoms with Crippen molar-refractivity contribution in [3.8, 4) is 11.5 Å². The molecule has 0 spiro atoms. The molecular formula is C23H22N4O4. The number of aryl methyl sites for hydroxylation is 1. The molecule has 3 aromatic rings. The molecule has 0 saturated carbocycles. The molecule has 0 aliphatic rings. The highest BCUT2D eigenvalue weighted by atomic mass is 16.6. The minimum atomic E-state index is -0.507. The van der Waals surface area contributed by atoms with Gasteiger partial charge in [-0.15, -0.1) is 0 Å². The SMILES string of the molecule is Cc1ccc(C(C)C)c(Oc2ccc(/C=N\NC(=O)c3ccncc3)cc2[N+](=O)[O-])c1. The zero-order valence-electron chi connectivity index (χ0n) is 17.4. The highest BCUT2D eigenvalue weighted by molar-refractivity contribution is 5.94. The first kappa shape index (κ1) is 21.6. The minimum absolute atomic E-state index is 0.135. The molecular weight excluding hydrogens is 396 g/mol. The van der Waals surface area contributed by atoms with Crippen LogP contribution in [0.1, 0.15) is 46.8 Å². The first-order valence-corrected chi connectivity index (χ1v) is 9.65. The molecule has 0 unspecified atom stereocenters. The molecule has 8 heteroatoms. The number of hydrogen-bond acceptors (Lipinski definition) is 6. The fourth-order valence-electron chi connectivity index (χ4n) is 2.90. The molecule has 31 heavy (non-hydrogen) atoms. The summed E-state index contributed by atoms with van der Waals surface area (Å²) in [4.78, 5) is 27.0. The lowest BCUT2D eigenvalue weighted by atomic mass is 10.0. The van der Waals surface area contributed by atoms with Gasteiger partial charge >= 0.3 is 5.69 Å². The molecule has 8 nitrogen and oxygen atoms in total. The van der Waals surface area contributed by atoms with Crippen molar-refractivity contribution in [1.82, 2.24) is 10.4 Å². The highest BCUT2D eigenvalue weighted by Crippen LogP contribution is 2.36. The van der Waals surface area contributed by atoms with Gasteiger partial charge in [0, 0.05) is 29.6 Å². The van der Waals surface area contributed by atoms with Crippen LogP contribution in [0.2, 0.25) is 0 Å². The van der Waals surface area contributed by atoms with Crippen LogP contribution in [-0.4, -0.2) is 22.0 Å². The molecule has 0 radical (unpaired) electrons. The zero-order valence-corrected chi connectivity index (χ0v) is 17.4. The maximum atomic E-state index is 12.0. The topological polar surface area (TPSA) is 107 Å². The predicted octanol–water partition coefficient (Wildman–Crippen LogP) is 4.98. The summed E-state index contributed by atoms with van der Waals surface area (Å²) in [7, 11) is 0. The molecule has 1 amide bonds. The zero-order chi connectivity index (χ0) is 22.4. The number of aromatic nitrogens is 1. The highest BCUT2D eigenvalue weighted by Gasteiger charge is 2.18. The van der Waals surface area contributed by atoms with Crippen molar-refractivity contribution in [2.45, 2.75) is 26.7 Å². The van der Waals surface area contributed by atoms with Crippen LogP contribution in [0, 0.1) is 17.0 Å². The molecule has 1 heterocycles. The lowest BCUT2D eigenvalue weighted by Gasteiger charge is -2.14. The van der Waals surface area contributed by atoms with Gasteiger partial charge in [-0.05, 0) is 54.3 Å². The number of amides is 1. The molecule has 158 valence electrons. The van der Waals surface area contributed by atoms with Crippen molar-refractivity contribution in [3.63, 3.8) is 0 Å².